The zero-order valence-electron chi connectivity index (χ0n) is 5.61. The average Bonchev–Trinajstić information content (AvgIpc) is 1.89. The summed E-state index contributed by atoms with van der Waals surface area (Å²) in [7, 11) is 0. The first-order valence-corrected chi connectivity index (χ1v) is 4.59. The molecule has 0 aliphatic carbocycles. The first-order chi connectivity index (χ1) is 4.41. The molecule has 0 radical (unpaired) electrons. The van der Waals surface area contributed by atoms with Crippen molar-refractivity contribution in [2.45, 2.75) is 19.8 Å². The molecular formula is C7H11ClS. The third-order valence-electron chi connectivity index (χ3n) is 0.701. The summed E-state index contributed by atoms with van der Waals surface area (Å²) in [6.07, 6.45) is 2.01. The number of thioether (sulfide) groups is 1. The molecule has 0 aliphatic rings. The molecule has 0 amide bonds. The minimum atomic E-state index is 0.751. The predicted octanol–water partition coefficient (Wildman–Crippen LogP) is 2.72. The molecule has 52 valence electrons. The molecule has 0 rings (SSSR count). The Hall–Kier alpha value is 0.200. The van der Waals surface area contributed by atoms with Crippen molar-refractivity contribution in [1.29, 1.82) is 0 Å². The van der Waals surface area contributed by atoms with E-state index in [2.05, 4.69) is 18.1 Å². The van der Waals surface area contributed by atoms with E-state index in [-0.39, 0.29) is 0 Å². The van der Waals surface area contributed by atoms with Crippen LogP contribution in [0.2, 0.25) is 0 Å². The van der Waals surface area contributed by atoms with Gasteiger partial charge in [0.1, 0.15) is 0 Å². The lowest BCUT2D eigenvalue weighted by Crippen LogP contribution is -1.76. The van der Waals surface area contributed by atoms with Gasteiger partial charge in [0.2, 0.25) is 0 Å². The first-order valence-electron chi connectivity index (χ1n) is 3.07. The Kier molecular flexibility index (Phi) is 8.38. The summed E-state index contributed by atoms with van der Waals surface area (Å²) >= 11 is 7.11. The van der Waals surface area contributed by atoms with Crippen LogP contribution in [0.1, 0.15) is 19.8 Å². The van der Waals surface area contributed by atoms with Gasteiger partial charge in [-0.1, -0.05) is 24.6 Å². The molecule has 0 aliphatic heterocycles. The third-order valence-corrected chi connectivity index (χ3v) is 1.75. The Labute approximate surface area is 66.4 Å². The molecule has 0 N–H and O–H groups in total. The molecule has 0 aromatic carbocycles. The van der Waals surface area contributed by atoms with E-state index in [1.54, 1.807) is 11.8 Å². The summed E-state index contributed by atoms with van der Waals surface area (Å²) in [6, 6.07) is 0. The van der Waals surface area contributed by atoms with Crippen LogP contribution in [-0.2, 0) is 0 Å². The molecule has 0 unspecified atom stereocenters. The van der Waals surface area contributed by atoms with Gasteiger partial charge >= 0.3 is 0 Å². The molecule has 0 saturated carbocycles. The van der Waals surface area contributed by atoms with Gasteiger partial charge in [-0.05, 0) is 11.7 Å². The van der Waals surface area contributed by atoms with Gasteiger partial charge in [0.05, 0.1) is 0 Å². The standard InChI is InChI=1S/C7H11ClS/c1-2-3-6-9-7-4-5-8/h2,4-5,7H2,1H3. The van der Waals surface area contributed by atoms with Crippen molar-refractivity contribution < 1.29 is 0 Å². The molecule has 0 heterocycles. The quantitative estimate of drug-likeness (QED) is 0.350. The van der Waals surface area contributed by atoms with Crippen molar-refractivity contribution in [3.8, 4) is 11.2 Å². The number of alkyl halides is 1. The minimum absolute atomic E-state index is 0.751. The molecule has 0 aromatic rings. The van der Waals surface area contributed by atoms with Crippen LogP contribution in [0.25, 0.3) is 0 Å². The van der Waals surface area contributed by atoms with Crippen molar-refractivity contribution in [1.82, 2.24) is 0 Å². The van der Waals surface area contributed by atoms with Crippen LogP contribution in [0.4, 0.5) is 0 Å². The number of hydrogen-bond donors (Lipinski definition) is 0. The van der Waals surface area contributed by atoms with Crippen molar-refractivity contribution in [2.24, 2.45) is 0 Å². The predicted molar refractivity (Wildman–Crippen MR) is 45.9 cm³/mol. The molecule has 0 nitrogen and oxygen atoms in total. The molecule has 0 fully saturated rings. The van der Waals surface area contributed by atoms with E-state index >= 15 is 0 Å². The summed E-state index contributed by atoms with van der Waals surface area (Å²) < 4.78 is 0. The minimum Gasteiger partial charge on any atom is -0.127 e. The molecule has 0 aromatic heterocycles. The van der Waals surface area contributed by atoms with Crippen LogP contribution in [0, 0.1) is 11.2 Å². The third kappa shape index (κ3) is 8.20. The Balaban J connectivity index is 2.90. The van der Waals surface area contributed by atoms with Gasteiger partial charge in [0.25, 0.3) is 0 Å². The van der Waals surface area contributed by atoms with Gasteiger partial charge in [-0.15, -0.1) is 11.6 Å². The molecule has 0 saturated heterocycles. The summed E-state index contributed by atoms with van der Waals surface area (Å²) in [6.45, 7) is 2.05. The van der Waals surface area contributed by atoms with Crippen molar-refractivity contribution in [2.75, 3.05) is 11.6 Å². The van der Waals surface area contributed by atoms with E-state index in [0.29, 0.717) is 0 Å². The van der Waals surface area contributed by atoms with E-state index < -0.39 is 0 Å². The lowest BCUT2D eigenvalue weighted by Gasteiger charge is -1.85. The van der Waals surface area contributed by atoms with Crippen LogP contribution in [-0.4, -0.2) is 11.6 Å². The maximum atomic E-state index is 5.45. The summed E-state index contributed by atoms with van der Waals surface area (Å²) in [5.74, 6) is 4.79. The van der Waals surface area contributed by atoms with Crippen LogP contribution < -0.4 is 0 Å². The highest BCUT2D eigenvalue weighted by molar-refractivity contribution is 8.03. The van der Waals surface area contributed by atoms with E-state index in [1.807, 2.05) is 0 Å². The molecule has 0 bridgehead atoms. The smallest absolute Gasteiger partial charge is 0.0231 e. The van der Waals surface area contributed by atoms with E-state index in [4.69, 9.17) is 11.6 Å². The Bertz CT molecular complexity index is 101. The van der Waals surface area contributed by atoms with Crippen molar-refractivity contribution in [3.05, 3.63) is 0 Å². The molecule has 9 heavy (non-hydrogen) atoms. The fraction of sp³-hybridized carbons (Fsp3) is 0.714. The van der Waals surface area contributed by atoms with Crippen LogP contribution >= 0.6 is 23.4 Å². The normalized spacial score (nSPS) is 8.22. The monoisotopic (exact) mass is 162 g/mol. The summed E-state index contributed by atoms with van der Waals surface area (Å²) in [5, 5.41) is 2.98. The zero-order valence-corrected chi connectivity index (χ0v) is 7.19. The lowest BCUT2D eigenvalue weighted by molar-refractivity contribution is 1.12. The second-order valence-electron chi connectivity index (χ2n) is 1.52. The summed E-state index contributed by atoms with van der Waals surface area (Å²) in [5.41, 5.74) is 0. The largest absolute Gasteiger partial charge is 0.127 e. The highest BCUT2D eigenvalue weighted by Crippen LogP contribution is 1.99. The maximum absolute atomic E-state index is 5.45. The number of hydrogen-bond acceptors (Lipinski definition) is 1. The second-order valence-corrected chi connectivity index (χ2v) is 2.80. The van der Waals surface area contributed by atoms with Gasteiger partial charge in [-0.3, -0.25) is 0 Å². The molecule has 0 atom stereocenters. The average molecular weight is 163 g/mol. The van der Waals surface area contributed by atoms with E-state index in [0.717, 1.165) is 24.5 Å². The van der Waals surface area contributed by atoms with Gasteiger partial charge in [-0.2, -0.15) is 0 Å². The van der Waals surface area contributed by atoms with Gasteiger partial charge < -0.3 is 0 Å². The highest BCUT2D eigenvalue weighted by Gasteiger charge is 1.80. The second kappa shape index (κ2) is 8.20. The Morgan fingerprint density at radius 1 is 1.56 bits per heavy atom. The first kappa shape index (κ1) is 9.20. The highest BCUT2D eigenvalue weighted by atomic mass is 35.5. The maximum Gasteiger partial charge on any atom is 0.0231 e. The zero-order chi connectivity index (χ0) is 6.95. The molecule has 0 spiro atoms. The lowest BCUT2D eigenvalue weighted by atomic mass is 10.5. The fourth-order valence-electron chi connectivity index (χ4n) is 0.301. The number of halogens is 1. The van der Waals surface area contributed by atoms with E-state index in [9.17, 15) is 0 Å². The van der Waals surface area contributed by atoms with Gasteiger partial charge in [0, 0.05) is 18.1 Å². The topological polar surface area (TPSA) is 0 Å². The van der Waals surface area contributed by atoms with Crippen LogP contribution in [0.3, 0.4) is 0 Å². The molecule has 2 heteroatoms. The fourth-order valence-corrected chi connectivity index (χ4v) is 1.23. The SMILES string of the molecule is CCC#CSCCCCl. The Morgan fingerprint density at radius 3 is 2.89 bits per heavy atom. The van der Waals surface area contributed by atoms with E-state index in [1.165, 1.54) is 0 Å². The van der Waals surface area contributed by atoms with Crippen molar-refractivity contribution in [3.63, 3.8) is 0 Å². The molecular weight excluding hydrogens is 152 g/mol. The summed E-state index contributed by atoms with van der Waals surface area (Å²) in [4.78, 5) is 0. The van der Waals surface area contributed by atoms with Crippen LogP contribution in [0.5, 0.6) is 0 Å². The van der Waals surface area contributed by atoms with Gasteiger partial charge in [0.15, 0.2) is 0 Å². The Morgan fingerprint density at radius 2 is 2.33 bits per heavy atom. The van der Waals surface area contributed by atoms with Crippen molar-refractivity contribution >= 4 is 23.4 Å². The van der Waals surface area contributed by atoms with Gasteiger partial charge in [-0.25, -0.2) is 0 Å². The number of rotatable bonds is 3. The van der Waals surface area contributed by atoms with Crippen LogP contribution in [0.15, 0.2) is 0 Å².